The van der Waals surface area contributed by atoms with Crippen LogP contribution in [-0.2, 0) is 21.3 Å². The molecule has 0 radical (unpaired) electrons. The van der Waals surface area contributed by atoms with Crippen molar-refractivity contribution in [2.75, 3.05) is 50.9 Å². The molecule has 3 saturated heterocycles. The van der Waals surface area contributed by atoms with Gasteiger partial charge >= 0.3 is 6.18 Å². The molecule has 0 spiro atoms. The van der Waals surface area contributed by atoms with E-state index in [2.05, 4.69) is 40.6 Å². The number of likely N-dealkylation sites (tertiary alicyclic amines) is 1. The van der Waals surface area contributed by atoms with Gasteiger partial charge in [-0.25, -0.2) is 0 Å². The van der Waals surface area contributed by atoms with Gasteiger partial charge in [0.05, 0.1) is 25.4 Å². The first-order valence-corrected chi connectivity index (χ1v) is 12.5. The topological polar surface area (TPSA) is 24.9 Å². The molecule has 2 atom stereocenters. The van der Waals surface area contributed by atoms with E-state index < -0.39 is 11.7 Å². The second-order valence-corrected chi connectivity index (χ2v) is 10.6. The SMILES string of the molecule is C=C(c1ccc(C2(OCC3CC3)COC2)cc1)N1CC2CN(c3ccc(C(F)(F)F)cc3)CC2C1. The number of alkyl halides is 3. The van der Waals surface area contributed by atoms with E-state index in [1.54, 1.807) is 12.1 Å². The Morgan fingerprint density at radius 1 is 0.943 bits per heavy atom. The summed E-state index contributed by atoms with van der Waals surface area (Å²) in [6.07, 6.45) is -1.75. The molecular formula is C28H31F3N2O2. The first-order valence-electron chi connectivity index (χ1n) is 12.5. The van der Waals surface area contributed by atoms with Crippen molar-refractivity contribution in [2.45, 2.75) is 24.6 Å². The molecule has 1 aliphatic carbocycles. The van der Waals surface area contributed by atoms with Gasteiger partial charge in [0.25, 0.3) is 0 Å². The highest BCUT2D eigenvalue weighted by molar-refractivity contribution is 5.63. The van der Waals surface area contributed by atoms with Crippen molar-refractivity contribution < 1.29 is 22.6 Å². The highest BCUT2D eigenvalue weighted by atomic mass is 19.4. The maximum atomic E-state index is 12.9. The van der Waals surface area contributed by atoms with Gasteiger partial charge in [0.15, 0.2) is 0 Å². The van der Waals surface area contributed by atoms with Crippen LogP contribution in [0, 0.1) is 17.8 Å². The Morgan fingerprint density at radius 2 is 1.57 bits per heavy atom. The summed E-state index contributed by atoms with van der Waals surface area (Å²) in [7, 11) is 0. The summed E-state index contributed by atoms with van der Waals surface area (Å²) in [4.78, 5) is 4.58. The maximum Gasteiger partial charge on any atom is 0.416 e. The van der Waals surface area contributed by atoms with Crippen molar-refractivity contribution in [2.24, 2.45) is 17.8 Å². The lowest BCUT2D eigenvalue weighted by Gasteiger charge is -2.41. The van der Waals surface area contributed by atoms with Crippen molar-refractivity contribution in [3.63, 3.8) is 0 Å². The largest absolute Gasteiger partial charge is 0.416 e. The first-order chi connectivity index (χ1) is 16.8. The molecule has 6 rings (SSSR count). The van der Waals surface area contributed by atoms with E-state index in [1.165, 1.54) is 30.5 Å². The van der Waals surface area contributed by atoms with E-state index in [0.29, 0.717) is 25.0 Å². The van der Waals surface area contributed by atoms with Gasteiger partial charge in [-0.05, 0) is 54.2 Å². The summed E-state index contributed by atoms with van der Waals surface area (Å²) in [6, 6.07) is 14.1. The molecule has 4 aliphatic rings. The lowest BCUT2D eigenvalue weighted by Crippen LogP contribution is -2.49. The Hall–Kier alpha value is -2.51. The average molecular weight is 485 g/mol. The van der Waals surface area contributed by atoms with Gasteiger partial charge in [-0.1, -0.05) is 30.8 Å². The maximum absolute atomic E-state index is 12.9. The standard InChI is InChI=1S/C28H31F3N2O2/c1-19(21-4-6-24(7-5-21)27(17-34-18-27)35-16-20-2-3-20)32-12-22-14-33(15-23(22)13-32)26-10-8-25(9-11-26)28(29,30)31/h4-11,20,22-23H,1-3,12-18H2. The number of benzene rings is 2. The van der Waals surface area contributed by atoms with Crippen LogP contribution in [0.3, 0.4) is 0 Å². The highest BCUT2D eigenvalue weighted by Crippen LogP contribution is 2.40. The third-order valence-electron chi connectivity index (χ3n) is 8.13. The smallest absolute Gasteiger partial charge is 0.375 e. The Morgan fingerprint density at radius 3 is 2.09 bits per heavy atom. The zero-order chi connectivity index (χ0) is 24.2. The fourth-order valence-corrected chi connectivity index (χ4v) is 5.62. The Balaban J connectivity index is 1.06. The van der Waals surface area contributed by atoms with Crippen LogP contribution in [-0.4, -0.2) is 50.9 Å². The van der Waals surface area contributed by atoms with E-state index in [0.717, 1.165) is 55.7 Å². The number of anilines is 1. The Kier molecular flexibility index (Phi) is 5.60. The van der Waals surface area contributed by atoms with Crippen molar-refractivity contribution in [3.05, 3.63) is 71.8 Å². The van der Waals surface area contributed by atoms with Crippen molar-refractivity contribution in [1.82, 2.24) is 4.90 Å². The molecule has 0 amide bonds. The second-order valence-electron chi connectivity index (χ2n) is 10.6. The van der Waals surface area contributed by atoms with Crippen LogP contribution < -0.4 is 4.90 Å². The molecule has 1 saturated carbocycles. The minimum absolute atomic E-state index is 0.297. The summed E-state index contributed by atoms with van der Waals surface area (Å²) in [5.74, 6) is 1.69. The third kappa shape index (κ3) is 4.45. The molecule has 7 heteroatoms. The van der Waals surface area contributed by atoms with Crippen LogP contribution in [0.15, 0.2) is 55.1 Å². The van der Waals surface area contributed by atoms with Crippen LogP contribution in [0.5, 0.6) is 0 Å². The van der Waals surface area contributed by atoms with Crippen LogP contribution in [0.1, 0.15) is 29.5 Å². The molecular weight excluding hydrogens is 453 g/mol. The Bertz CT molecular complexity index is 1060. The van der Waals surface area contributed by atoms with Crippen LogP contribution >= 0.6 is 0 Å². The van der Waals surface area contributed by atoms with Gasteiger partial charge in [-0.3, -0.25) is 0 Å². The summed E-state index contributed by atoms with van der Waals surface area (Å²) in [6.45, 7) is 10.0. The molecule has 4 fully saturated rings. The van der Waals surface area contributed by atoms with E-state index in [4.69, 9.17) is 9.47 Å². The number of fused-ring (bicyclic) bond motifs is 1. The summed E-state index contributed by atoms with van der Waals surface area (Å²) < 4.78 is 50.4. The van der Waals surface area contributed by atoms with Gasteiger partial charge in [0.2, 0.25) is 0 Å². The van der Waals surface area contributed by atoms with E-state index >= 15 is 0 Å². The molecule has 2 unspecified atom stereocenters. The number of hydrogen-bond acceptors (Lipinski definition) is 4. The number of ether oxygens (including phenoxy) is 2. The minimum Gasteiger partial charge on any atom is -0.375 e. The third-order valence-corrected chi connectivity index (χ3v) is 8.13. The summed E-state index contributed by atoms with van der Waals surface area (Å²) >= 11 is 0. The first kappa shape index (κ1) is 22.9. The lowest BCUT2D eigenvalue weighted by molar-refractivity contribution is -0.218. The highest BCUT2D eigenvalue weighted by Gasteiger charge is 2.43. The number of nitrogens with zero attached hydrogens (tertiary/aromatic N) is 2. The number of halogens is 3. The molecule has 186 valence electrons. The minimum atomic E-state index is -4.30. The second kappa shape index (κ2) is 8.56. The molecule has 0 aromatic heterocycles. The monoisotopic (exact) mass is 484 g/mol. The van der Waals surface area contributed by atoms with E-state index in [-0.39, 0.29) is 5.60 Å². The average Bonchev–Trinajstić information content (AvgIpc) is 3.43. The molecule has 0 N–H and O–H groups in total. The lowest BCUT2D eigenvalue weighted by atomic mass is 9.90. The van der Waals surface area contributed by atoms with Gasteiger partial charge < -0.3 is 19.3 Å². The zero-order valence-electron chi connectivity index (χ0n) is 19.8. The van der Waals surface area contributed by atoms with E-state index in [1.807, 2.05) is 0 Å². The van der Waals surface area contributed by atoms with Gasteiger partial charge in [0, 0.05) is 49.4 Å². The quantitative estimate of drug-likeness (QED) is 0.526. The Labute approximate surface area is 204 Å². The predicted octanol–water partition coefficient (Wildman–Crippen LogP) is 5.40. The van der Waals surface area contributed by atoms with Gasteiger partial charge in [0.1, 0.15) is 5.60 Å². The van der Waals surface area contributed by atoms with Gasteiger partial charge in [-0.15, -0.1) is 0 Å². The van der Waals surface area contributed by atoms with Crippen molar-refractivity contribution >= 4 is 11.4 Å². The number of hydrogen-bond donors (Lipinski definition) is 0. The zero-order valence-corrected chi connectivity index (χ0v) is 19.8. The van der Waals surface area contributed by atoms with Crippen LogP contribution in [0.2, 0.25) is 0 Å². The molecule has 2 aromatic carbocycles. The molecule has 35 heavy (non-hydrogen) atoms. The fraction of sp³-hybridized carbons (Fsp3) is 0.500. The molecule has 0 bridgehead atoms. The predicted molar refractivity (Wildman–Crippen MR) is 129 cm³/mol. The van der Waals surface area contributed by atoms with Crippen molar-refractivity contribution in [3.8, 4) is 0 Å². The normalized spacial score (nSPS) is 25.5. The van der Waals surface area contributed by atoms with Gasteiger partial charge in [-0.2, -0.15) is 13.2 Å². The molecule has 3 heterocycles. The summed E-state index contributed by atoms with van der Waals surface area (Å²) in [5, 5.41) is 0. The van der Waals surface area contributed by atoms with Crippen LogP contribution in [0.25, 0.3) is 5.70 Å². The molecule has 2 aromatic rings. The van der Waals surface area contributed by atoms with Crippen LogP contribution in [0.4, 0.5) is 18.9 Å². The van der Waals surface area contributed by atoms with E-state index in [9.17, 15) is 13.2 Å². The van der Waals surface area contributed by atoms with Crippen molar-refractivity contribution in [1.29, 1.82) is 0 Å². The molecule has 3 aliphatic heterocycles. The fourth-order valence-electron chi connectivity index (χ4n) is 5.62. The molecule has 4 nitrogen and oxygen atoms in total. The number of rotatable bonds is 7. The summed E-state index contributed by atoms with van der Waals surface area (Å²) in [5.41, 5.74) is 3.29.